The van der Waals surface area contributed by atoms with E-state index in [0.29, 0.717) is 13.0 Å². The van der Waals surface area contributed by atoms with Crippen molar-refractivity contribution < 1.29 is 14.1 Å². The van der Waals surface area contributed by atoms with Gasteiger partial charge in [0.2, 0.25) is 5.91 Å². The van der Waals surface area contributed by atoms with Crippen LogP contribution in [0, 0.1) is 0 Å². The number of aromatic hydroxyl groups is 1. The molecule has 0 aromatic heterocycles. The van der Waals surface area contributed by atoms with E-state index in [0.717, 1.165) is 5.56 Å². The van der Waals surface area contributed by atoms with Crippen molar-refractivity contribution in [2.45, 2.75) is 6.42 Å². The lowest BCUT2D eigenvalue weighted by molar-refractivity contribution is -0.116. The van der Waals surface area contributed by atoms with E-state index in [1.165, 1.54) is 17.7 Å². The molecule has 4 nitrogen and oxygen atoms in total. The Balaban J connectivity index is 2.36. The van der Waals surface area contributed by atoms with Crippen molar-refractivity contribution in [2.24, 2.45) is 0 Å². The van der Waals surface area contributed by atoms with Crippen molar-refractivity contribution in [1.29, 1.82) is 0 Å². The maximum atomic E-state index is 11.3. The number of carbonyl (C=O) groups is 1. The van der Waals surface area contributed by atoms with Gasteiger partial charge in [-0.3, -0.25) is 9.00 Å². The average molecular weight is 285 g/mol. The Morgan fingerprint density at radius 2 is 2.06 bits per heavy atom. The van der Waals surface area contributed by atoms with Gasteiger partial charge in [0.25, 0.3) is 0 Å². The molecule has 1 rings (SSSR count). The van der Waals surface area contributed by atoms with E-state index in [4.69, 9.17) is 5.11 Å². The molecular weight excluding hydrogens is 270 g/mol. The zero-order valence-corrected chi connectivity index (χ0v) is 11.6. The number of rotatable bonds is 5. The van der Waals surface area contributed by atoms with Crippen LogP contribution in [-0.2, 0) is 30.9 Å². The predicted octanol–water partition coefficient (Wildman–Crippen LogP) is 0.941. The number of phenolic OH excluding ortho intramolecular Hbond substituents is 1. The Labute approximate surface area is 111 Å². The summed E-state index contributed by atoms with van der Waals surface area (Å²) in [4.78, 5) is 11.3. The molecule has 1 atom stereocenters. The molecule has 0 aliphatic carbocycles. The number of benzene rings is 1. The number of hydrogen-bond donors (Lipinski definition) is 2. The number of phenols is 1. The zero-order chi connectivity index (χ0) is 13.6. The second-order valence-corrected chi connectivity index (χ2v) is 7.76. The van der Waals surface area contributed by atoms with Crippen LogP contribution in [0.3, 0.4) is 0 Å². The molecule has 2 N–H and O–H groups in total. The SMILES string of the molecule is CS(=O)(=S)C=CC(=O)NCCc1ccc(O)cc1. The van der Waals surface area contributed by atoms with Gasteiger partial charge in [0.05, 0.1) is 0 Å². The molecule has 0 radical (unpaired) electrons. The van der Waals surface area contributed by atoms with Crippen LogP contribution >= 0.6 is 0 Å². The van der Waals surface area contributed by atoms with Gasteiger partial charge in [0, 0.05) is 32.8 Å². The lowest BCUT2D eigenvalue weighted by Gasteiger charge is -2.03. The third-order valence-electron chi connectivity index (χ3n) is 2.12. The Bertz CT molecular complexity index is 533. The van der Waals surface area contributed by atoms with Crippen LogP contribution in [0.15, 0.2) is 35.7 Å². The summed E-state index contributed by atoms with van der Waals surface area (Å²) in [5.41, 5.74) is 1.01. The third-order valence-corrected chi connectivity index (χ3v) is 3.08. The molecule has 1 amide bonds. The smallest absolute Gasteiger partial charge is 0.244 e. The number of nitrogens with one attached hydrogen (secondary N) is 1. The lowest BCUT2D eigenvalue weighted by atomic mass is 10.1. The Morgan fingerprint density at radius 1 is 1.44 bits per heavy atom. The zero-order valence-electron chi connectivity index (χ0n) is 9.96. The molecule has 0 saturated carbocycles. The highest BCUT2D eigenvalue weighted by Crippen LogP contribution is 2.09. The molecule has 0 heterocycles. The van der Waals surface area contributed by atoms with Crippen LogP contribution in [0.25, 0.3) is 0 Å². The Morgan fingerprint density at radius 3 is 2.61 bits per heavy atom. The quantitative estimate of drug-likeness (QED) is 0.790. The average Bonchev–Trinajstić information content (AvgIpc) is 2.28. The van der Waals surface area contributed by atoms with Gasteiger partial charge >= 0.3 is 0 Å². The normalized spacial score (nSPS) is 14.3. The van der Waals surface area contributed by atoms with Crippen molar-refractivity contribution in [1.82, 2.24) is 5.32 Å². The largest absolute Gasteiger partial charge is 0.508 e. The first kappa shape index (κ1) is 14.7. The highest BCUT2D eigenvalue weighted by molar-refractivity contribution is 8.34. The summed E-state index contributed by atoms with van der Waals surface area (Å²) in [6, 6.07) is 6.78. The van der Waals surface area contributed by atoms with Crippen molar-refractivity contribution in [3.8, 4) is 5.75 Å². The van der Waals surface area contributed by atoms with E-state index in [9.17, 15) is 9.00 Å². The maximum absolute atomic E-state index is 11.3. The molecule has 6 heteroatoms. The summed E-state index contributed by atoms with van der Waals surface area (Å²) in [5, 5.41) is 13.0. The molecule has 1 aromatic carbocycles. The first-order chi connectivity index (χ1) is 8.37. The third kappa shape index (κ3) is 6.36. The number of carbonyl (C=O) groups excluding carboxylic acids is 1. The monoisotopic (exact) mass is 285 g/mol. The van der Waals surface area contributed by atoms with Gasteiger partial charge in [0.15, 0.2) is 0 Å². The first-order valence-corrected chi connectivity index (χ1v) is 8.26. The lowest BCUT2D eigenvalue weighted by Crippen LogP contribution is -2.23. The summed E-state index contributed by atoms with van der Waals surface area (Å²) in [5.74, 6) is -0.0953. The van der Waals surface area contributed by atoms with Crippen LogP contribution in [0.5, 0.6) is 5.75 Å². The molecule has 0 aliphatic heterocycles. The van der Waals surface area contributed by atoms with Gasteiger partial charge < -0.3 is 10.4 Å². The molecule has 18 heavy (non-hydrogen) atoms. The van der Waals surface area contributed by atoms with Crippen molar-refractivity contribution in [3.05, 3.63) is 41.3 Å². The highest BCUT2D eigenvalue weighted by atomic mass is 32.8. The van der Waals surface area contributed by atoms with Gasteiger partial charge in [-0.25, -0.2) is 0 Å². The van der Waals surface area contributed by atoms with Gasteiger partial charge in [-0.1, -0.05) is 12.1 Å². The van der Waals surface area contributed by atoms with Crippen LogP contribution in [0.2, 0.25) is 0 Å². The fraction of sp³-hybridized carbons (Fsp3) is 0.250. The summed E-state index contributed by atoms with van der Waals surface area (Å²) < 4.78 is 11.1. The first-order valence-electron chi connectivity index (χ1n) is 5.31. The molecule has 1 aromatic rings. The summed E-state index contributed by atoms with van der Waals surface area (Å²) in [7, 11) is -2.44. The Hall–Kier alpha value is -1.40. The minimum Gasteiger partial charge on any atom is -0.508 e. The van der Waals surface area contributed by atoms with Crippen LogP contribution < -0.4 is 5.32 Å². The highest BCUT2D eigenvalue weighted by Gasteiger charge is 1.98. The van der Waals surface area contributed by atoms with Gasteiger partial charge in [-0.2, -0.15) is 0 Å². The second kappa shape index (κ2) is 6.51. The van der Waals surface area contributed by atoms with Crippen LogP contribution in [-0.4, -0.2) is 28.0 Å². The second-order valence-electron chi connectivity index (χ2n) is 3.84. The van der Waals surface area contributed by atoms with Crippen molar-refractivity contribution in [3.63, 3.8) is 0 Å². The fourth-order valence-electron chi connectivity index (χ4n) is 1.24. The molecule has 0 aliphatic rings. The fourth-order valence-corrected chi connectivity index (χ4v) is 1.77. The topological polar surface area (TPSA) is 66.4 Å². The van der Waals surface area contributed by atoms with Crippen LogP contribution in [0.4, 0.5) is 0 Å². The van der Waals surface area contributed by atoms with E-state index in [1.54, 1.807) is 24.3 Å². The van der Waals surface area contributed by atoms with E-state index >= 15 is 0 Å². The van der Waals surface area contributed by atoms with E-state index in [1.807, 2.05) is 0 Å². The molecule has 0 bridgehead atoms. The predicted molar refractivity (Wildman–Crippen MR) is 75.4 cm³/mol. The van der Waals surface area contributed by atoms with E-state index in [2.05, 4.69) is 16.5 Å². The molecule has 98 valence electrons. The number of hydrogen-bond acceptors (Lipinski definition) is 4. The van der Waals surface area contributed by atoms with Crippen molar-refractivity contribution >= 4 is 25.6 Å². The summed E-state index contributed by atoms with van der Waals surface area (Å²) in [6.45, 7) is 0.469. The molecular formula is C12H15NO3S2. The maximum Gasteiger partial charge on any atom is 0.244 e. The molecule has 1 unspecified atom stereocenters. The minimum atomic E-state index is -2.44. The number of amides is 1. The Kier molecular flexibility index (Phi) is 5.30. The van der Waals surface area contributed by atoms with Crippen molar-refractivity contribution in [2.75, 3.05) is 12.8 Å². The standard InChI is InChI=1S/C12H15NO3S2/c1-18(16,17)9-7-12(15)13-8-6-10-2-4-11(14)5-3-10/h2-5,7,9,14H,6,8H2,1H3,(H,13,15). The van der Waals surface area contributed by atoms with Gasteiger partial charge in [-0.05, 0) is 35.3 Å². The van der Waals surface area contributed by atoms with E-state index in [-0.39, 0.29) is 11.7 Å². The van der Waals surface area contributed by atoms with Gasteiger partial charge in [0.1, 0.15) is 5.75 Å². The molecule has 0 fully saturated rings. The molecule has 0 spiro atoms. The minimum absolute atomic E-state index is 0.217. The summed E-state index contributed by atoms with van der Waals surface area (Å²) >= 11 is 4.64. The van der Waals surface area contributed by atoms with Gasteiger partial charge in [-0.15, -0.1) is 0 Å². The molecule has 0 saturated heterocycles. The van der Waals surface area contributed by atoms with Crippen LogP contribution in [0.1, 0.15) is 5.56 Å². The van der Waals surface area contributed by atoms with E-state index < -0.39 is 8.49 Å². The summed E-state index contributed by atoms with van der Waals surface area (Å²) in [6.07, 6.45) is 3.25.